The normalized spacial score (nSPS) is 14.8. The molecule has 1 fully saturated rings. The van der Waals surface area contributed by atoms with Gasteiger partial charge < -0.3 is 15.4 Å². The number of fused-ring (bicyclic) bond motifs is 1. The van der Waals surface area contributed by atoms with E-state index in [4.69, 9.17) is 4.74 Å². The number of nitrogens with one attached hydrogen (secondary N) is 2. The first kappa shape index (κ1) is 16.2. The molecule has 0 spiro atoms. The van der Waals surface area contributed by atoms with E-state index < -0.39 is 0 Å². The van der Waals surface area contributed by atoms with Crippen molar-refractivity contribution in [2.24, 2.45) is 7.05 Å². The number of hydrogen-bond acceptors (Lipinski definition) is 8. The second-order valence-corrected chi connectivity index (χ2v) is 6.28. The van der Waals surface area contributed by atoms with Crippen LogP contribution in [0.3, 0.4) is 0 Å². The maximum Gasteiger partial charge on any atom is 0.252 e. The number of ether oxygens (including phenoxy) is 1. The van der Waals surface area contributed by atoms with Crippen LogP contribution in [0.2, 0.25) is 0 Å². The minimum absolute atomic E-state index is 0.180. The Balaban J connectivity index is 1.43. The number of hydrogen-bond donors (Lipinski definition) is 2. The summed E-state index contributed by atoms with van der Waals surface area (Å²) in [5, 5.41) is 14.4. The highest BCUT2D eigenvalue weighted by Gasteiger charge is 2.43. The molecule has 1 aliphatic rings. The van der Waals surface area contributed by atoms with Crippen molar-refractivity contribution in [1.29, 1.82) is 0 Å². The van der Waals surface area contributed by atoms with Crippen molar-refractivity contribution in [2.45, 2.75) is 18.4 Å². The Bertz CT molecular complexity index is 949. The lowest BCUT2D eigenvalue weighted by molar-refractivity contribution is 0.0950. The zero-order valence-electron chi connectivity index (χ0n) is 14.4. The number of amides is 1. The van der Waals surface area contributed by atoms with Gasteiger partial charge in [0.25, 0.3) is 5.91 Å². The van der Waals surface area contributed by atoms with Crippen molar-refractivity contribution in [3.63, 3.8) is 0 Å². The van der Waals surface area contributed by atoms with Crippen LogP contribution in [0.1, 0.15) is 23.2 Å². The van der Waals surface area contributed by atoms with Crippen LogP contribution >= 0.6 is 0 Å². The lowest BCUT2D eigenvalue weighted by Gasteiger charge is -2.18. The van der Waals surface area contributed by atoms with E-state index in [1.807, 2.05) is 0 Å². The van der Waals surface area contributed by atoms with Gasteiger partial charge in [0.15, 0.2) is 17.0 Å². The van der Waals surface area contributed by atoms with E-state index in [0.717, 1.165) is 12.8 Å². The first-order valence-electron chi connectivity index (χ1n) is 8.17. The highest BCUT2D eigenvalue weighted by Crippen LogP contribution is 2.38. The fraction of sp³-hybridized carbons (Fsp3) is 0.375. The standard InChI is InChI=1S/C16H18N8O2/c1-24-14-12(22-23-24)13(19-9-20-14)21-16(5-6-16)8-18-15(25)10-3-4-11(26-2)17-7-10/h3-4,7,9H,5-6,8H2,1-2H3,(H,18,25)(H,19,20,21). The van der Waals surface area contributed by atoms with Gasteiger partial charge in [-0.25, -0.2) is 19.6 Å². The van der Waals surface area contributed by atoms with Gasteiger partial charge in [-0.3, -0.25) is 4.79 Å². The lowest BCUT2D eigenvalue weighted by atomic mass is 10.2. The molecule has 1 saturated carbocycles. The summed E-state index contributed by atoms with van der Waals surface area (Å²) >= 11 is 0. The molecule has 134 valence electrons. The first-order valence-corrected chi connectivity index (χ1v) is 8.17. The Morgan fingerprint density at radius 3 is 2.85 bits per heavy atom. The van der Waals surface area contributed by atoms with Crippen LogP contribution in [-0.2, 0) is 7.05 Å². The van der Waals surface area contributed by atoms with Crippen molar-refractivity contribution in [2.75, 3.05) is 19.0 Å². The summed E-state index contributed by atoms with van der Waals surface area (Å²) < 4.78 is 6.60. The monoisotopic (exact) mass is 354 g/mol. The van der Waals surface area contributed by atoms with Crippen LogP contribution < -0.4 is 15.4 Å². The Morgan fingerprint density at radius 2 is 2.15 bits per heavy atom. The number of rotatable bonds is 6. The number of anilines is 1. The van der Waals surface area contributed by atoms with Gasteiger partial charge in [0, 0.05) is 25.9 Å². The molecule has 1 amide bonds. The molecule has 0 atom stereocenters. The van der Waals surface area contributed by atoms with Gasteiger partial charge in [0.1, 0.15) is 6.33 Å². The van der Waals surface area contributed by atoms with Crippen molar-refractivity contribution >= 4 is 22.9 Å². The topological polar surface area (TPSA) is 120 Å². The maximum atomic E-state index is 12.3. The van der Waals surface area contributed by atoms with E-state index in [2.05, 4.69) is 35.9 Å². The predicted molar refractivity (Wildman–Crippen MR) is 92.8 cm³/mol. The summed E-state index contributed by atoms with van der Waals surface area (Å²) in [5.41, 5.74) is 1.53. The number of carbonyl (C=O) groups is 1. The lowest BCUT2D eigenvalue weighted by Crippen LogP contribution is -2.38. The van der Waals surface area contributed by atoms with Gasteiger partial charge in [0.05, 0.1) is 18.2 Å². The van der Waals surface area contributed by atoms with Gasteiger partial charge >= 0.3 is 0 Å². The van der Waals surface area contributed by atoms with Crippen LogP contribution in [0, 0.1) is 0 Å². The highest BCUT2D eigenvalue weighted by atomic mass is 16.5. The van der Waals surface area contributed by atoms with E-state index in [1.54, 1.807) is 23.9 Å². The second kappa shape index (κ2) is 6.21. The average molecular weight is 354 g/mol. The zero-order valence-corrected chi connectivity index (χ0v) is 14.4. The van der Waals surface area contributed by atoms with E-state index >= 15 is 0 Å². The van der Waals surface area contributed by atoms with E-state index in [-0.39, 0.29) is 11.4 Å². The minimum atomic E-state index is -0.228. The number of pyridine rings is 1. The summed E-state index contributed by atoms with van der Waals surface area (Å²) in [4.78, 5) is 24.8. The molecule has 0 radical (unpaired) electrons. The Labute approximate surface area is 149 Å². The summed E-state index contributed by atoms with van der Waals surface area (Å²) in [5.74, 6) is 0.917. The summed E-state index contributed by atoms with van der Waals surface area (Å²) in [6.07, 6.45) is 4.83. The Kier molecular flexibility index (Phi) is 3.86. The minimum Gasteiger partial charge on any atom is -0.481 e. The third-order valence-corrected chi connectivity index (χ3v) is 4.42. The molecule has 0 unspecified atom stereocenters. The summed E-state index contributed by atoms with van der Waals surface area (Å²) in [6, 6.07) is 3.34. The molecular weight excluding hydrogens is 336 g/mol. The van der Waals surface area contributed by atoms with E-state index in [0.29, 0.717) is 35.0 Å². The smallest absolute Gasteiger partial charge is 0.252 e. The summed E-state index contributed by atoms with van der Waals surface area (Å²) in [6.45, 7) is 0.476. The molecule has 3 aromatic rings. The van der Waals surface area contributed by atoms with Gasteiger partial charge in [-0.1, -0.05) is 5.21 Å². The van der Waals surface area contributed by atoms with Gasteiger partial charge in [-0.2, -0.15) is 0 Å². The first-order chi connectivity index (χ1) is 12.6. The SMILES string of the molecule is COc1ccc(C(=O)NCC2(Nc3ncnc4c3nnn4C)CC2)cn1. The highest BCUT2D eigenvalue weighted by molar-refractivity contribution is 5.94. The quantitative estimate of drug-likeness (QED) is 0.658. The molecule has 10 nitrogen and oxygen atoms in total. The molecule has 1 aliphatic carbocycles. The van der Waals surface area contributed by atoms with Crippen LogP contribution in [0.25, 0.3) is 11.2 Å². The van der Waals surface area contributed by atoms with Crippen molar-refractivity contribution < 1.29 is 9.53 Å². The number of aryl methyl sites for hydroxylation is 1. The molecule has 4 rings (SSSR count). The van der Waals surface area contributed by atoms with Crippen molar-refractivity contribution in [3.8, 4) is 5.88 Å². The number of methoxy groups -OCH3 is 1. The number of carbonyl (C=O) groups excluding carboxylic acids is 1. The number of aromatic nitrogens is 6. The molecule has 0 aromatic carbocycles. The predicted octanol–water partition coefficient (Wildman–Crippen LogP) is 0.536. The number of nitrogens with zero attached hydrogens (tertiary/aromatic N) is 6. The molecule has 2 N–H and O–H groups in total. The zero-order chi connectivity index (χ0) is 18.1. The van der Waals surface area contributed by atoms with Gasteiger partial charge in [0.2, 0.25) is 5.88 Å². The third-order valence-electron chi connectivity index (χ3n) is 4.42. The molecule has 0 aliphatic heterocycles. The molecule has 0 saturated heterocycles. The van der Waals surface area contributed by atoms with Crippen LogP contribution in [-0.4, -0.2) is 55.0 Å². The van der Waals surface area contributed by atoms with Gasteiger partial charge in [-0.05, 0) is 18.9 Å². The van der Waals surface area contributed by atoms with Crippen LogP contribution in [0.15, 0.2) is 24.7 Å². The molecule has 10 heteroatoms. The molecule has 0 bridgehead atoms. The third kappa shape index (κ3) is 3.01. The van der Waals surface area contributed by atoms with Crippen molar-refractivity contribution in [1.82, 2.24) is 35.3 Å². The average Bonchev–Trinajstić information content (AvgIpc) is 3.34. The van der Waals surface area contributed by atoms with Gasteiger partial charge in [-0.15, -0.1) is 5.10 Å². The summed E-state index contributed by atoms with van der Waals surface area (Å²) in [7, 11) is 3.31. The fourth-order valence-electron chi connectivity index (χ4n) is 2.68. The second-order valence-electron chi connectivity index (χ2n) is 6.28. The van der Waals surface area contributed by atoms with E-state index in [1.165, 1.54) is 19.6 Å². The van der Waals surface area contributed by atoms with Crippen LogP contribution in [0.5, 0.6) is 5.88 Å². The fourth-order valence-corrected chi connectivity index (χ4v) is 2.68. The van der Waals surface area contributed by atoms with Crippen LogP contribution in [0.4, 0.5) is 5.82 Å². The van der Waals surface area contributed by atoms with E-state index in [9.17, 15) is 4.79 Å². The molecule has 26 heavy (non-hydrogen) atoms. The molecule has 3 heterocycles. The maximum absolute atomic E-state index is 12.3. The largest absolute Gasteiger partial charge is 0.481 e. The van der Waals surface area contributed by atoms with Crippen molar-refractivity contribution in [3.05, 3.63) is 30.2 Å². The molecular formula is C16H18N8O2. The Morgan fingerprint density at radius 1 is 1.31 bits per heavy atom. The molecule has 3 aromatic heterocycles. The Hall–Kier alpha value is -3.30.